The Kier molecular flexibility index (Phi) is 6.38. The van der Waals surface area contributed by atoms with Crippen LogP contribution in [0.4, 0.5) is 0 Å². The van der Waals surface area contributed by atoms with Gasteiger partial charge in [-0.05, 0) is 37.6 Å². The number of hydrogen-bond acceptors (Lipinski definition) is 3. The molecule has 0 heterocycles. The molecule has 0 radical (unpaired) electrons. The predicted octanol–water partition coefficient (Wildman–Crippen LogP) is 3.55. The summed E-state index contributed by atoms with van der Waals surface area (Å²) in [7, 11) is 3.80. The van der Waals surface area contributed by atoms with Crippen molar-refractivity contribution in [2.24, 2.45) is 0 Å². The molecule has 0 saturated heterocycles. The van der Waals surface area contributed by atoms with Crippen LogP contribution in [0.25, 0.3) is 0 Å². The van der Waals surface area contributed by atoms with E-state index in [2.05, 4.69) is 50.1 Å². The lowest BCUT2D eigenvalue weighted by Gasteiger charge is -2.19. The molecule has 0 saturated carbocycles. The number of ether oxygens (including phenoxy) is 1. The molecular formula is C16H24N2O. The van der Waals surface area contributed by atoms with Crippen molar-refractivity contribution in [2.45, 2.75) is 39.2 Å². The van der Waals surface area contributed by atoms with Gasteiger partial charge in [-0.25, -0.2) is 0 Å². The lowest BCUT2D eigenvalue weighted by Crippen LogP contribution is -2.19. The molecule has 0 fully saturated rings. The first-order valence-electron chi connectivity index (χ1n) is 6.80. The first kappa shape index (κ1) is 15.5. The first-order valence-corrected chi connectivity index (χ1v) is 6.80. The average Bonchev–Trinajstić information content (AvgIpc) is 2.39. The van der Waals surface area contributed by atoms with E-state index in [9.17, 15) is 0 Å². The molecule has 3 heteroatoms. The van der Waals surface area contributed by atoms with E-state index in [0.29, 0.717) is 12.3 Å². The van der Waals surface area contributed by atoms with Gasteiger partial charge in [0.1, 0.15) is 5.75 Å². The zero-order valence-corrected chi connectivity index (χ0v) is 12.4. The Balaban J connectivity index is 2.70. The molecule has 104 valence electrons. The highest BCUT2D eigenvalue weighted by Crippen LogP contribution is 2.25. The Morgan fingerprint density at radius 3 is 2.68 bits per heavy atom. The largest absolute Gasteiger partial charge is 0.496 e. The normalized spacial score (nSPS) is 10.8. The van der Waals surface area contributed by atoms with E-state index in [4.69, 9.17) is 10.00 Å². The van der Waals surface area contributed by atoms with Crippen molar-refractivity contribution in [1.29, 1.82) is 5.26 Å². The molecule has 1 rings (SSSR count). The summed E-state index contributed by atoms with van der Waals surface area (Å²) in [5.74, 6) is 1.47. The molecule has 0 spiro atoms. The van der Waals surface area contributed by atoms with Gasteiger partial charge in [-0.2, -0.15) is 5.26 Å². The quantitative estimate of drug-likeness (QED) is 0.703. The van der Waals surface area contributed by atoms with Crippen molar-refractivity contribution in [2.75, 3.05) is 20.7 Å². The molecule has 0 N–H and O–H groups in total. The van der Waals surface area contributed by atoms with Crippen molar-refractivity contribution in [3.8, 4) is 11.8 Å². The van der Waals surface area contributed by atoms with Gasteiger partial charge in [-0.15, -0.1) is 0 Å². The summed E-state index contributed by atoms with van der Waals surface area (Å²) in [4.78, 5) is 2.23. The maximum atomic E-state index is 8.55. The van der Waals surface area contributed by atoms with Crippen LogP contribution in [0.3, 0.4) is 0 Å². The molecule has 0 aliphatic heterocycles. The number of benzene rings is 1. The van der Waals surface area contributed by atoms with E-state index in [-0.39, 0.29) is 0 Å². The predicted molar refractivity (Wildman–Crippen MR) is 78.3 cm³/mol. The molecule has 1 aromatic rings. The lowest BCUT2D eigenvalue weighted by atomic mass is 10.0. The van der Waals surface area contributed by atoms with Gasteiger partial charge in [0.15, 0.2) is 0 Å². The molecule has 0 bridgehead atoms. The third-order valence-electron chi connectivity index (χ3n) is 3.25. The second-order valence-electron chi connectivity index (χ2n) is 5.23. The number of rotatable bonds is 7. The molecule has 19 heavy (non-hydrogen) atoms. The molecule has 0 aromatic heterocycles. The van der Waals surface area contributed by atoms with E-state index in [1.165, 1.54) is 11.1 Å². The van der Waals surface area contributed by atoms with Crippen LogP contribution in [0.15, 0.2) is 18.2 Å². The monoisotopic (exact) mass is 260 g/mol. The first-order chi connectivity index (χ1) is 9.08. The minimum atomic E-state index is 0.510. The van der Waals surface area contributed by atoms with Crippen LogP contribution in [0, 0.1) is 11.3 Å². The van der Waals surface area contributed by atoms with Crippen molar-refractivity contribution < 1.29 is 4.74 Å². The highest BCUT2D eigenvalue weighted by Gasteiger charge is 2.09. The highest BCUT2D eigenvalue weighted by molar-refractivity contribution is 5.38. The van der Waals surface area contributed by atoms with Crippen LogP contribution in [0.2, 0.25) is 0 Å². The summed E-state index contributed by atoms with van der Waals surface area (Å²) in [6.45, 7) is 6.15. The molecule has 0 atom stereocenters. The Bertz CT molecular complexity index is 435. The van der Waals surface area contributed by atoms with Gasteiger partial charge < -0.3 is 9.64 Å². The zero-order chi connectivity index (χ0) is 14.3. The summed E-state index contributed by atoms with van der Waals surface area (Å²) < 4.78 is 5.48. The van der Waals surface area contributed by atoms with Gasteiger partial charge in [0, 0.05) is 18.5 Å². The van der Waals surface area contributed by atoms with Crippen LogP contribution in [0.1, 0.15) is 43.7 Å². The van der Waals surface area contributed by atoms with Gasteiger partial charge in [0.05, 0.1) is 13.2 Å². The Morgan fingerprint density at radius 1 is 1.37 bits per heavy atom. The van der Waals surface area contributed by atoms with Gasteiger partial charge in [0.2, 0.25) is 0 Å². The Hall–Kier alpha value is -1.53. The number of unbranched alkanes of at least 4 members (excludes halogenated alkanes) is 1. The molecular weight excluding hydrogens is 236 g/mol. The Morgan fingerprint density at radius 2 is 2.11 bits per heavy atom. The van der Waals surface area contributed by atoms with Crippen molar-refractivity contribution in [3.63, 3.8) is 0 Å². The molecule has 0 unspecified atom stereocenters. The molecule has 0 aliphatic carbocycles. The topological polar surface area (TPSA) is 36.3 Å². The average molecular weight is 260 g/mol. The second kappa shape index (κ2) is 7.81. The van der Waals surface area contributed by atoms with E-state index in [1.54, 1.807) is 7.11 Å². The number of nitrogens with zero attached hydrogens (tertiary/aromatic N) is 2. The highest BCUT2D eigenvalue weighted by atomic mass is 16.5. The lowest BCUT2D eigenvalue weighted by molar-refractivity contribution is 0.314. The number of methoxy groups -OCH3 is 1. The number of hydrogen-bond donors (Lipinski definition) is 0. The van der Waals surface area contributed by atoms with E-state index in [0.717, 1.165) is 25.3 Å². The van der Waals surface area contributed by atoms with E-state index in [1.807, 2.05) is 0 Å². The fourth-order valence-electron chi connectivity index (χ4n) is 2.05. The van der Waals surface area contributed by atoms with Crippen LogP contribution in [0.5, 0.6) is 5.75 Å². The maximum absolute atomic E-state index is 8.55. The molecule has 0 aliphatic rings. The second-order valence-corrected chi connectivity index (χ2v) is 5.23. The minimum Gasteiger partial charge on any atom is -0.496 e. The molecule has 1 aromatic carbocycles. The van der Waals surface area contributed by atoms with Crippen LogP contribution in [-0.2, 0) is 6.54 Å². The maximum Gasteiger partial charge on any atom is 0.123 e. The molecule has 3 nitrogen and oxygen atoms in total. The van der Waals surface area contributed by atoms with Crippen LogP contribution in [-0.4, -0.2) is 25.6 Å². The third-order valence-corrected chi connectivity index (χ3v) is 3.25. The third kappa shape index (κ3) is 4.92. The summed E-state index contributed by atoms with van der Waals surface area (Å²) in [5, 5.41) is 8.55. The van der Waals surface area contributed by atoms with Crippen LogP contribution < -0.4 is 4.74 Å². The standard InChI is InChI=1S/C16H24N2O/c1-13(2)14-7-8-15(16(11-14)19-4)12-18(3)10-6-5-9-17/h7-8,11,13H,5-6,10,12H2,1-4H3. The van der Waals surface area contributed by atoms with Crippen molar-refractivity contribution in [1.82, 2.24) is 4.90 Å². The fraction of sp³-hybridized carbons (Fsp3) is 0.562. The summed E-state index contributed by atoms with van der Waals surface area (Å²) in [5.41, 5.74) is 2.50. The van der Waals surface area contributed by atoms with E-state index < -0.39 is 0 Å². The van der Waals surface area contributed by atoms with Crippen molar-refractivity contribution in [3.05, 3.63) is 29.3 Å². The van der Waals surface area contributed by atoms with Gasteiger partial charge in [0.25, 0.3) is 0 Å². The minimum absolute atomic E-state index is 0.510. The Labute approximate surface area is 116 Å². The zero-order valence-electron chi connectivity index (χ0n) is 12.4. The summed E-state index contributed by atoms with van der Waals surface area (Å²) >= 11 is 0. The summed E-state index contributed by atoms with van der Waals surface area (Å²) in [6, 6.07) is 8.63. The smallest absolute Gasteiger partial charge is 0.123 e. The SMILES string of the molecule is COc1cc(C(C)C)ccc1CN(C)CCCC#N. The fourth-order valence-corrected chi connectivity index (χ4v) is 2.05. The molecule has 0 amide bonds. The van der Waals surface area contributed by atoms with Crippen molar-refractivity contribution >= 4 is 0 Å². The summed E-state index contributed by atoms with van der Waals surface area (Å²) in [6.07, 6.45) is 1.53. The van der Waals surface area contributed by atoms with Gasteiger partial charge in [-0.3, -0.25) is 0 Å². The van der Waals surface area contributed by atoms with Gasteiger partial charge in [-0.1, -0.05) is 26.0 Å². The van der Waals surface area contributed by atoms with E-state index >= 15 is 0 Å². The number of nitriles is 1. The van der Waals surface area contributed by atoms with Gasteiger partial charge >= 0.3 is 0 Å². The van der Waals surface area contributed by atoms with Crippen LogP contribution >= 0.6 is 0 Å².